The zero-order valence-corrected chi connectivity index (χ0v) is 38.8. The number of nitrogens with zero attached hydrogens (tertiary/aromatic N) is 1. The molecule has 338 valence electrons. The maximum atomic E-state index is 15.5. The molecule has 4 saturated carbocycles. The molecule has 0 radical (unpaired) electrons. The molecule has 0 aromatic heterocycles. The number of hydrogen-bond donors (Lipinski definition) is 6. The Balaban J connectivity index is 1.23. The molecule has 0 unspecified atom stereocenters. The van der Waals surface area contributed by atoms with Gasteiger partial charge >= 0.3 is 0 Å². The number of hydrogen-bond acceptors (Lipinski definition) is 8. The van der Waals surface area contributed by atoms with Crippen LogP contribution >= 0.6 is 0 Å². The summed E-state index contributed by atoms with van der Waals surface area (Å²) in [6.45, 7) is 17.5. The van der Waals surface area contributed by atoms with E-state index in [9.17, 15) is 28.8 Å². The first-order valence-electron chi connectivity index (χ1n) is 23.1. The van der Waals surface area contributed by atoms with Crippen LogP contribution in [0.3, 0.4) is 0 Å². The predicted octanol–water partition coefficient (Wildman–Crippen LogP) is 6.97. The van der Waals surface area contributed by atoms with Gasteiger partial charge in [0.25, 0.3) is 0 Å². The van der Waals surface area contributed by atoms with Gasteiger partial charge in [-0.15, -0.1) is 0 Å². The first-order valence-corrected chi connectivity index (χ1v) is 24.6. The van der Waals surface area contributed by atoms with Crippen LogP contribution in [0.1, 0.15) is 112 Å². The number of carbonyl (C=O) groups is 1. The Bertz CT molecular complexity index is 2050. The quantitative estimate of drug-likeness (QED) is 0.0982. The SMILES string of the molecule is CC(C)CN(C[C@@H](O)[C@H](Cc1ccccc1)NC(=O)[C@]12CC[C@@H](C)[C@H](C)[C@H]1C1=CC[C@@H]3[C@@]4(C)C[C@@H](O)[C@@H](O)[C@@](C)(CO)[C@@H]4CC[C@@]3(C)[C@]1(C)CC2)S(=O)(=O)c1ccc(N)cc1. The first-order chi connectivity index (χ1) is 28.6. The Morgan fingerprint density at radius 1 is 0.918 bits per heavy atom. The molecule has 10 nitrogen and oxygen atoms in total. The van der Waals surface area contributed by atoms with Gasteiger partial charge in [-0.3, -0.25) is 4.79 Å². The van der Waals surface area contributed by atoms with Crippen molar-refractivity contribution >= 4 is 21.6 Å². The predicted molar refractivity (Wildman–Crippen MR) is 240 cm³/mol. The third kappa shape index (κ3) is 7.52. The van der Waals surface area contributed by atoms with Gasteiger partial charge in [-0.05, 0) is 139 Å². The summed E-state index contributed by atoms with van der Waals surface area (Å²) in [5, 5.41) is 49.0. The van der Waals surface area contributed by atoms with Gasteiger partial charge in [0.1, 0.15) is 0 Å². The zero-order chi connectivity index (χ0) is 44.5. The number of allylic oxidation sites excluding steroid dienone is 2. The molecule has 7 rings (SSSR count). The van der Waals surface area contributed by atoms with E-state index in [1.165, 1.54) is 22.0 Å². The lowest BCUT2D eigenvalue weighted by Gasteiger charge is -2.72. The lowest BCUT2D eigenvalue weighted by atomic mass is 9.33. The number of amides is 1. The second-order valence-corrected chi connectivity index (χ2v) is 23.7. The number of nitrogens with one attached hydrogen (secondary N) is 1. The summed E-state index contributed by atoms with van der Waals surface area (Å²) in [4.78, 5) is 15.6. The highest BCUT2D eigenvalue weighted by molar-refractivity contribution is 7.89. The largest absolute Gasteiger partial charge is 0.399 e. The second-order valence-electron chi connectivity index (χ2n) is 21.8. The molecule has 0 aliphatic heterocycles. The van der Waals surface area contributed by atoms with E-state index >= 15 is 4.79 Å². The molecule has 2 aromatic rings. The van der Waals surface area contributed by atoms with Crippen molar-refractivity contribution in [3.8, 4) is 0 Å². The molecule has 0 heterocycles. The summed E-state index contributed by atoms with van der Waals surface area (Å²) in [6.07, 6.45) is 6.02. The monoisotopic (exact) mass is 862 g/mol. The van der Waals surface area contributed by atoms with E-state index in [1.807, 2.05) is 51.1 Å². The molecule has 61 heavy (non-hydrogen) atoms. The standard InChI is InChI=1S/C50H75N3O7S/c1-31(2)28-53(61(59,60)36-16-14-35(51)15-17-36)29-40(56)38(26-34-12-10-9-11-13-34)52-45(58)50-23-20-32(3)33(4)43(50)37-18-19-42-46(5)27-39(55)44(57)47(6,30-54)41(46)21-22-49(42,8)48(37,7)24-25-50/h9-18,31-33,38-44,54-57H,19-30,51H2,1-8H3,(H,52,58)/t32-,33+,38+,39-,40-,41-,42-,43+,44-,46+,47+,48-,49-,50+/m1/s1. The fourth-order valence-corrected chi connectivity index (χ4v) is 15.9. The van der Waals surface area contributed by atoms with Gasteiger partial charge < -0.3 is 31.5 Å². The fourth-order valence-electron chi connectivity index (χ4n) is 14.3. The highest BCUT2D eigenvalue weighted by Gasteiger charge is 2.70. The Kier molecular flexibility index (Phi) is 12.6. The average molecular weight is 862 g/mol. The normalized spacial score (nSPS) is 39.6. The number of nitrogen functional groups attached to an aromatic ring is 1. The van der Waals surface area contributed by atoms with Gasteiger partial charge in [0.15, 0.2) is 0 Å². The number of fused-ring (bicyclic) bond motifs is 7. The molecular formula is C50H75N3O7S. The Morgan fingerprint density at radius 3 is 2.23 bits per heavy atom. The summed E-state index contributed by atoms with van der Waals surface area (Å²) < 4.78 is 29.6. The summed E-state index contributed by atoms with van der Waals surface area (Å²) in [7, 11) is -4.00. The van der Waals surface area contributed by atoms with Crippen molar-refractivity contribution in [2.75, 3.05) is 25.4 Å². The number of carbonyl (C=O) groups excluding carboxylic acids is 1. The fraction of sp³-hybridized carbons (Fsp3) is 0.700. The van der Waals surface area contributed by atoms with Crippen molar-refractivity contribution in [3.05, 3.63) is 71.8 Å². The number of nitrogens with two attached hydrogens (primary N) is 1. The lowest BCUT2D eigenvalue weighted by molar-refractivity contribution is -0.243. The number of anilines is 1. The van der Waals surface area contributed by atoms with Gasteiger partial charge in [0.05, 0.1) is 41.3 Å². The molecule has 1 amide bonds. The maximum absolute atomic E-state index is 15.5. The van der Waals surface area contributed by atoms with Crippen molar-refractivity contribution in [1.29, 1.82) is 0 Å². The molecule has 11 heteroatoms. The van der Waals surface area contributed by atoms with E-state index in [4.69, 9.17) is 5.73 Å². The summed E-state index contributed by atoms with van der Waals surface area (Å²) in [5.74, 6) is 0.833. The van der Waals surface area contributed by atoms with Crippen LogP contribution in [0.5, 0.6) is 0 Å². The number of benzene rings is 2. The van der Waals surface area contributed by atoms with Crippen LogP contribution in [-0.2, 0) is 21.2 Å². The van der Waals surface area contributed by atoms with Gasteiger partial charge in [-0.1, -0.05) is 97.4 Å². The van der Waals surface area contributed by atoms with Crippen molar-refractivity contribution < 1.29 is 33.6 Å². The first kappa shape index (κ1) is 46.2. The van der Waals surface area contributed by atoms with Crippen LogP contribution in [0, 0.1) is 62.6 Å². The Hall–Kier alpha value is -2.80. The highest BCUT2D eigenvalue weighted by atomic mass is 32.2. The van der Waals surface area contributed by atoms with Gasteiger partial charge in [-0.2, -0.15) is 4.31 Å². The third-order valence-corrected chi connectivity index (χ3v) is 19.9. The average Bonchev–Trinajstić information content (AvgIpc) is 3.21. The number of sulfonamides is 1. The van der Waals surface area contributed by atoms with Gasteiger partial charge in [-0.25, -0.2) is 8.42 Å². The third-order valence-electron chi connectivity index (χ3n) is 18.1. The summed E-state index contributed by atoms with van der Waals surface area (Å²) in [5.41, 5.74) is 6.55. The van der Waals surface area contributed by atoms with Gasteiger partial charge in [0.2, 0.25) is 15.9 Å². The van der Waals surface area contributed by atoms with E-state index in [2.05, 4.69) is 46.0 Å². The maximum Gasteiger partial charge on any atom is 0.243 e. The minimum absolute atomic E-state index is 0.0161. The topological polar surface area (TPSA) is 173 Å². The molecule has 5 aliphatic rings. The molecule has 0 saturated heterocycles. The van der Waals surface area contributed by atoms with Crippen LogP contribution in [0.4, 0.5) is 5.69 Å². The Morgan fingerprint density at radius 2 is 1.59 bits per heavy atom. The van der Waals surface area contributed by atoms with Crippen LogP contribution < -0.4 is 11.1 Å². The molecular weight excluding hydrogens is 787 g/mol. The molecule has 2 aromatic carbocycles. The molecule has 4 fully saturated rings. The van der Waals surface area contributed by atoms with Crippen molar-refractivity contribution in [1.82, 2.24) is 9.62 Å². The molecule has 0 bridgehead atoms. The molecule has 0 spiro atoms. The van der Waals surface area contributed by atoms with E-state index in [0.29, 0.717) is 30.9 Å². The van der Waals surface area contributed by atoms with Crippen LogP contribution in [0.25, 0.3) is 0 Å². The van der Waals surface area contributed by atoms with E-state index in [-0.39, 0.29) is 76.3 Å². The zero-order valence-electron chi connectivity index (χ0n) is 38.0. The molecule has 14 atom stereocenters. The minimum Gasteiger partial charge on any atom is -0.399 e. The summed E-state index contributed by atoms with van der Waals surface area (Å²) >= 11 is 0. The highest BCUT2D eigenvalue weighted by Crippen LogP contribution is 2.75. The van der Waals surface area contributed by atoms with Gasteiger partial charge in [0, 0.05) is 24.2 Å². The van der Waals surface area contributed by atoms with Crippen molar-refractivity contribution in [2.24, 2.45) is 62.6 Å². The number of aliphatic hydroxyl groups is 4. The van der Waals surface area contributed by atoms with Crippen molar-refractivity contribution in [2.45, 2.75) is 142 Å². The van der Waals surface area contributed by atoms with Crippen LogP contribution in [0.15, 0.2) is 71.1 Å². The molecule has 7 N–H and O–H groups in total. The van der Waals surface area contributed by atoms with E-state index < -0.39 is 45.2 Å². The summed E-state index contributed by atoms with van der Waals surface area (Å²) in [6, 6.07) is 15.2. The van der Waals surface area contributed by atoms with Crippen LogP contribution in [0.2, 0.25) is 0 Å². The van der Waals surface area contributed by atoms with E-state index in [0.717, 1.165) is 44.1 Å². The van der Waals surface area contributed by atoms with Crippen LogP contribution in [-0.4, -0.2) is 83.1 Å². The number of rotatable bonds is 12. The lowest BCUT2D eigenvalue weighted by Crippen LogP contribution is -2.68. The minimum atomic E-state index is -4.00. The number of aliphatic hydroxyl groups excluding tert-OH is 4. The second kappa shape index (κ2) is 16.6. The Labute approximate surface area is 365 Å². The smallest absolute Gasteiger partial charge is 0.243 e. The van der Waals surface area contributed by atoms with Crippen molar-refractivity contribution in [3.63, 3.8) is 0 Å². The molecule has 5 aliphatic carbocycles. The van der Waals surface area contributed by atoms with E-state index in [1.54, 1.807) is 12.1 Å².